The number of carbonyl (C=O) groups excluding carboxylic acids is 1. The molecule has 0 saturated heterocycles. The van der Waals surface area contributed by atoms with Crippen molar-refractivity contribution in [3.05, 3.63) is 64.0 Å². The maximum Gasteiger partial charge on any atom is 0.284 e. The van der Waals surface area contributed by atoms with Gasteiger partial charge in [-0.2, -0.15) is 0 Å². The highest BCUT2D eigenvalue weighted by molar-refractivity contribution is 7.99. The van der Waals surface area contributed by atoms with E-state index in [0.29, 0.717) is 36.0 Å². The molecule has 1 amide bonds. The van der Waals surface area contributed by atoms with E-state index in [0.717, 1.165) is 11.8 Å². The molecule has 0 aliphatic carbocycles. The van der Waals surface area contributed by atoms with E-state index in [9.17, 15) is 19.3 Å². The summed E-state index contributed by atoms with van der Waals surface area (Å²) in [6.07, 6.45) is 0.667. The number of nitro groups is 1. The molecular formula is C18H19FN2O4S. The molecule has 6 nitrogen and oxygen atoms in total. The molecule has 0 bridgehead atoms. The summed E-state index contributed by atoms with van der Waals surface area (Å²) in [7, 11) is 0. The highest BCUT2D eigenvalue weighted by Gasteiger charge is 2.18. The van der Waals surface area contributed by atoms with Crippen LogP contribution >= 0.6 is 11.8 Å². The molecule has 2 aromatic rings. The lowest BCUT2D eigenvalue weighted by Gasteiger charge is -2.07. The number of hydrogen-bond acceptors (Lipinski definition) is 5. The molecule has 0 heterocycles. The van der Waals surface area contributed by atoms with E-state index >= 15 is 0 Å². The number of nitrogens with one attached hydrogen (secondary N) is 1. The number of amides is 1. The summed E-state index contributed by atoms with van der Waals surface area (Å²) in [5, 5.41) is 14.1. The normalized spacial score (nSPS) is 10.5. The summed E-state index contributed by atoms with van der Waals surface area (Å²) in [5.41, 5.74) is 0.0536. The smallest absolute Gasteiger partial charge is 0.284 e. The highest BCUT2D eigenvalue weighted by atomic mass is 32.2. The third kappa shape index (κ3) is 5.82. The second kappa shape index (κ2) is 9.88. The predicted octanol–water partition coefficient (Wildman–Crippen LogP) is 4.04. The van der Waals surface area contributed by atoms with Crippen LogP contribution in [0.25, 0.3) is 0 Å². The van der Waals surface area contributed by atoms with Crippen molar-refractivity contribution in [3.8, 4) is 0 Å². The number of benzene rings is 2. The second-order valence-electron chi connectivity index (χ2n) is 5.30. The molecular weight excluding hydrogens is 359 g/mol. The van der Waals surface area contributed by atoms with Gasteiger partial charge >= 0.3 is 0 Å². The van der Waals surface area contributed by atoms with Crippen LogP contribution in [0.15, 0.2) is 52.3 Å². The number of rotatable bonds is 9. The first-order valence-electron chi connectivity index (χ1n) is 8.09. The van der Waals surface area contributed by atoms with Crippen molar-refractivity contribution in [3.63, 3.8) is 0 Å². The van der Waals surface area contributed by atoms with Crippen LogP contribution in [-0.4, -0.2) is 30.6 Å². The van der Waals surface area contributed by atoms with E-state index in [2.05, 4.69) is 5.32 Å². The molecule has 0 aromatic heterocycles. The Bertz CT molecular complexity index is 768. The lowest BCUT2D eigenvalue weighted by Crippen LogP contribution is -2.25. The molecule has 0 radical (unpaired) electrons. The van der Waals surface area contributed by atoms with Crippen LogP contribution in [0.5, 0.6) is 0 Å². The van der Waals surface area contributed by atoms with Gasteiger partial charge < -0.3 is 10.1 Å². The van der Waals surface area contributed by atoms with Crippen LogP contribution in [-0.2, 0) is 4.74 Å². The standard InChI is InChI=1S/C18H19FN2O4S/c1-2-25-11-3-10-20-18(22)13-4-9-17(16(12-13)21(23)24)26-15-7-5-14(19)6-8-15/h4-9,12H,2-3,10-11H2,1H3,(H,20,22). The van der Waals surface area contributed by atoms with Gasteiger partial charge in [0.1, 0.15) is 5.82 Å². The van der Waals surface area contributed by atoms with E-state index in [1.54, 1.807) is 12.1 Å². The van der Waals surface area contributed by atoms with Crippen molar-refractivity contribution in [2.45, 2.75) is 23.1 Å². The molecule has 138 valence electrons. The number of halogens is 1. The minimum Gasteiger partial charge on any atom is -0.382 e. The van der Waals surface area contributed by atoms with Gasteiger partial charge in [-0.1, -0.05) is 11.8 Å². The van der Waals surface area contributed by atoms with E-state index in [4.69, 9.17) is 4.74 Å². The molecule has 0 aliphatic heterocycles. The van der Waals surface area contributed by atoms with Gasteiger partial charge in [-0.25, -0.2) is 4.39 Å². The van der Waals surface area contributed by atoms with Gasteiger partial charge in [0.05, 0.1) is 9.82 Å². The van der Waals surface area contributed by atoms with Crippen molar-refractivity contribution >= 4 is 23.4 Å². The summed E-state index contributed by atoms with van der Waals surface area (Å²) in [6.45, 7) is 3.49. The average Bonchev–Trinajstić information content (AvgIpc) is 2.63. The Morgan fingerprint density at radius 2 is 2.00 bits per heavy atom. The van der Waals surface area contributed by atoms with Crippen LogP contribution in [0.3, 0.4) is 0 Å². The lowest BCUT2D eigenvalue weighted by molar-refractivity contribution is -0.387. The zero-order valence-electron chi connectivity index (χ0n) is 14.2. The van der Waals surface area contributed by atoms with Crippen LogP contribution in [0.2, 0.25) is 0 Å². The maximum absolute atomic E-state index is 13.0. The van der Waals surface area contributed by atoms with Crippen molar-refractivity contribution in [1.29, 1.82) is 0 Å². The Hall–Kier alpha value is -2.45. The van der Waals surface area contributed by atoms with Crippen LogP contribution in [0.4, 0.5) is 10.1 Å². The molecule has 0 unspecified atom stereocenters. The van der Waals surface area contributed by atoms with E-state index in [-0.39, 0.29) is 23.0 Å². The van der Waals surface area contributed by atoms with Gasteiger partial charge in [0.25, 0.3) is 11.6 Å². The third-order valence-corrected chi connectivity index (χ3v) is 4.49. The van der Waals surface area contributed by atoms with Gasteiger partial charge in [-0.15, -0.1) is 0 Å². The molecule has 8 heteroatoms. The minimum atomic E-state index is -0.530. The summed E-state index contributed by atoms with van der Waals surface area (Å²) in [4.78, 5) is 24.0. The fourth-order valence-corrected chi connectivity index (χ4v) is 3.04. The molecule has 0 fully saturated rings. The van der Waals surface area contributed by atoms with Gasteiger partial charge in [0.15, 0.2) is 0 Å². The quantitative estimate of drug-likeness (QED) is 0.405. The summed E-state index contributed by atoms with van der Waals surface area (Å²) >= 11 is 1.14. The SMILES string of the molecule is CCOCCCNC(=O)c1ccc(Sc2ccc(F)cc2)c([N+](=O)[O-])c1. The molecule has 1 N–H and O–H groups in total. The predicted molar refractivity (Wildman–Crippen MR) is 97.1 cm³/mol. The lowest BCUT2D eigenvalue weighted by atomic mass is 10.2. The van der Waals surface area contributed by atoms with Crippen molar-refractivity contribution in [2.24, 2.45) is 0 Å². The molecule has 26 heavy (non-hydrogen) atoms. The maximum atomic E-state index is 13.0. The largest absolute Gasteiger partial charge is 0.382 e. The van der Waals surface area contributed by atoms with E-state index in [1.807, 2.05) is 6.92 Å². The third-order valence-electron chi connectivity index (χ3n) is 3.41. The Morgan fingerprint density at radius 3 is 2.65 bits per heavy atom. The fraction of sp³-hybridized carbons (Fsp3) is 0.278. The zero-order chi connectivity index (χ0) is 18.9. The Balaban J connectivity index is 2.08. The topological polar surface area (TPSA) is 81.5 Å². The molecule has 2 aromatic carbocycles. The Kier molecular flexibility index (Phi) is 7.55. The first-order chi connectivity index (χ1) is 12.5. The van der Waals surface area contributed by atoms with Crippen LogP contribution < -0.4 is 5.32 Å². The molecule has 2 rings (SSSR count). The second-order valence-corrected chi connectivity index (χ2v) is 6.42. The number of hydrogen-bond donors (Lipinski definition) is 1. The first kappa shape index (κ1) is 19.9. The summed E-state index contributed by atoms with van der Waals surface area (Å²) in [6, 6.07) is 9.99. The van der Waals surface area contributed by atoms with Crippen molar-refractivity contribution < 1.29 is 18.8 Å². The van der Waals surface area contributed by atoms with E-state index in [1.165, 1.54) is 30.3 Å². The number of ether oxygens (including phenoxy) is 1. The highest BCUT2D eigenvalue weighted by Crippen LogP contribution is 2.35. The molecule has 0 saturated carbocycles. The number of nitrogens with zero attached hydrogens (tertiary/aromatic N) is 1. The van der Waals surface area contributed by atoms with Gasteiger partial charge in [0, 0.05) is 36.3 Å². The van der Waals surface area contributed by atoms with Crippen LogP contribution in [0.1, 0.15) is 23.7 Å². The number of carbonyl (C=O) groups is 1. The summed E-state index contributed by atoms with van der Waals surface area (Å²) in [5.74, 6) is -0.747. The molecule has 0 atom stereocenters. The molecule has 0 aliphatic rings. The van der Waals surface area contributed by atoms with Gasteiger partial charge in [-0.05, 0) is 49.7 Å². The summed E-state index contributed by atoms with van der Waals surface area (Å²) < 4.78 is 18.2. The molecule has 0 spiro atoms. The van der Waals surface area contributed by atoms with Crippen molar-refractivity contribution in [2.75, 3.05) is 19.8 Å². The van der Waals surface area contributed by atoms with Gasteiger partial charge in [-0.3, -0.25) is 14.9 Å². The average molecular weight is 378 g/mol. The fourth-order valence-electron chi connectivity index (χ4n) is 2.14. The Morgan fingerprint density at radius 1 is 1.27 bits per heavy atom. The first-order valence-corrected chi connectivity index (χ1v) is 8.90. The zero-order valence-corrected chi connectivity index (χ0v) is 15.1. The van der Waals surface area contributed by atoms with Crippen molar-refractivity contribution in [1.82, 2.24) is 5.32 Å². The monoisotopic (exact) mass is 378 g/mol. The Labute approximate surface area is 154 Å². The minimum absolute atomic E-state index is 0.165. The van der Waals surface area contributed by atoms with Crippen LogP contribution in [0, 0.1) is 15.9 Å². The van der Waals surface area contributed by atoms with E-state index < -0.39 is 4.92 Å². The van der Waals surface area contributed by atoms with Gasteiger partial charge in [0.2, 0.25) is 0 Å². The number of nitro benzene ring substituents is 1.